The van der Waals surface area contributed by atoms with Crippen molar-refractivity contribution < 1.29 is 22.7 Å². The van der Waals surface area contributed by atoms with E-state index in [1.54, 1.807) is 25.1 Å². The first kappa shape index (κ1) is 19.6. The molecule has 28 heavy (non-hydrogen) atoms. The van der Waals surface area contributed by atoms with Crippen molar-refractivity contribution in [2.75, 3.05) is 17.2 Å². The zero-order chi connectivity index (χ0) is 20.5. The lowest BCUT2D eigenvalue weighted by Crippen LogP contribution is -2.50. The van der Waals surface area contributed by atoms with Crippen molar-refractivity contribution in [3.8, 4) is 5.75 Å². The van der Waals surface area contributed by atoms with Gasteiger partial charge in [-0.05, 0) is 37.6 Å². The molecule has 2 amide bonds. The quantitative estimate of drug-likeness (QED) is 0.759. The smallest absolute Gasteiger partial charge is 0.269 e. The van der Waals surface area contributed by atoms with Crippen LogP contribution in [0.1, 0.15) is 18.9 Å². The van der Waals surface area contributed by atoms with Gasteiger partial charge in [0.15, 0.2) is 17.7 Å². The highest BCUT2D eigenvalue weighted by molar-refractivity contribution is 7.90. The van der Waals surface area contributed by atoms with E-state index in [-0.39, 0.29) is 16.5 Å². The van der Waals surface area contributed by atoms with E-state index >= 15 is 0 Å². The number of fused-ring (bicyclic) bond motifs is 1. The number of nitrogen functional groups attached to an aromatic ring is 1. The molecule has 10 heteroatoms. The van der Waals surface area contributed by atoms with Crippen molar-refractivity contribution in [2.45, 2.75) is 31.3 Å². The van der Waals surface area contributed by atoms with Gasteiger partial charge in [-0.15, -0.1) is 0 Å². The maximum atomic E-state index is 12.6. The van der Waals surface area contributed by atoms with E-state index in [1.165, 1.54) is 18.2 Å². The van der Waals surface area contributed by atoms with Crippen LogP contribution in [0.15, 0.2) is 41.3 Å². The summed E-state index contributed by atoms with van der Waals surface area (Å²) in [5, 5.41) is 0. The molecule has 148 valence electrons. The summed E-state index contributed by atoms with van der Waals surface area (Å²) in [4.78, 5) is 30.1. The first-order chi connectivity index (χ1) is 13.2. The number of amides is 2. The summed E-state index contributed by atoms with van der Waals surface area (Å²) < 4.78 is 32.4. The highest BCUT2D eigenvalue weighted by Gasteiger charge is 2.36. The molecule has 1 aromatic heterocycles. The van der Waals surface area contributed by atoms with Crippen LogP contribution in [-0.2, 0) is 19.6 Å². The highest BCUT2D eigenvalue weighted by Crippen LogP contribution is 2.33. The van der Waals surface area contributed by atoms with Crippen LogP contribution in [0.25, 0.3) is 0 Å². The van der Waals surface area contributed by atoms with E-state index in [9.17, 15) is 18.0 Å². The van der Waals surface area contributed by atoms with Gasteiger partial charge in [-0.3, -0.25) is 14.5 Å². The topological polar surface area (TPSA) is 132 Å². The summed E-state index contributed by atoms with van der Waals surface area (Å²) in [5.74, 6) is -0.841. The van der Waals surface area contributed by atoms with Crippen LogP contribution in [0.4, 0.5) is 11.6 Å². The molecule has 2 aromatic rings. The Morgan fingerprint density at radius 3 is 2.57 bits per heavy atom. The third-order valence-corrected chi connectivity index (χ3v) is 5.57. The molecule has 1 unspecified atom stereocenters. The number of nitrogens with two attached hydrogens (primary N) is 1. The first-order valence-electron chi connectivity index (χ1n) is 8.58. The predicted molar refractivity (Wildman–Crippen MR) is 102 cm³/mol. The number of hydrogen-bond donors (Lipinski definition) is 2. The minimum absolute atomic E-state index is 0.0473. The van der Waals surface area contributed by atoms with Crippen LogP contribution < -0.4 is 20.1 Å². The van der Waals surface area contributed by atoms with Crippen molar-refractivity contribution in [1.29, 1.82) is 0 Å². The zero-order valence-corrected chi connectivity index (χ0v) is 16.2. The molecule has 1 atom stereocenters. The molecule has 0 fully saturated rings. The fourth-order valence-corrected chi connectivity index (χ4v) is 3.71. The Kier molecular flexibility index (Phi) is 5.23. The number of carbonyl (C=O) groups excluding carboxylic acids is 2. The molecule has 1 aromatic carbocycles. The Hall–Kier alpha value is -3.14. The number of aromatic nitrogens is 1. The second kappa shape index (κ2) is 7.47. The van der Waals surface area contributed by atoms with Crippen LogP contribution in [0.3, 0.4) is 0 Å². The molecule has 2 heterocycles. The van der Waals surface area contributed by atoms with E-state index in [1.807, 2.05) is 11.6 Å². The molecule has 0 aliphatic carbocycles. The number of benzene rings is 1. The molecule has 0 saturated heterocycles. The number of nitrogens with one attached hydrogen (secondary N) is 1. The monoisotopic (exact) mass is 404 g/mol. The van der Waals surface area contributed by atoms with Gasteiger partial charge in [0.05, 0.1) is 4.90 Å². The molecule has 1 aliphatic rings. The van der Waals surface area contributed by atoms with Crippen molar-refractivity contribution in [2.24, 2.45) is 0 Å². The minimum Gasteiger partial charge on any atom is -0.477 e. The lowest BCUT2D eigenvalue weighted by Gasteiger charge is -2.32. The van der Waals surface area contributed by atoms with Crippen LogP contribution in [0.5, 0.6) is 5.75 Å². The third-order valence-electron chi connectivity index (χ3n) is 4.18. The fraction of sp³-hybridized carbons (Fsp3) is 0.278. The summed E-state index contributed by atoms with van der Waals surface area (Å²) in [6.07, 6.45) is -0.415. The minimum atomic E-state index is -4.06. The van der Waals surface area contributed by atoms with E-state index in [2.05, 4.69) is 4.98 Å². The van der Waals surface area contributed by atoms with Gasteiger partial charge < -0.3 is 10.5 Å². The van der Waals surface area contributed by atoms with Crippen LogP contribution >= 0.6 is 0 Å². The number of carbonyl (C=O) groups is 2. The van der Waals surface area contributed by atoms with Crippen molar-refractivity contribution in [3.05, 3.63) is 42.0 Å². The summed E-state index contributed by atoms with van der Waals surface area (Å²) in [5.41, 5.74) is 6.56. The molecule has 0 spiro atoms. The number of hydrogen-bond acceptors (Lipinski definition) is 7. The molecular weight excluding hydrogens is 384 g/mol. The summed E-state index contributed by atoms with van der Waals surface area (Å²) in [7, 11) is -4.06. The normalized spacial score (nSPS) is 16.3. The van der Waals surface area contributed by atoms with Gasteiger partial charge in [0.1, 0.15) is 12.4 Å². The number of pyridine rings is 1. The highest BCUT2D eigenvalue weighted by atomic mass is 32.2. The Bertz CT molecular complexity index is 1020. The van der Waals surface area contributed by atoms with Gasteiger partial charge in [-0.1, -0.05) is 24.6 Å². The Balaban J connectivity index is 1.83. The number of rotatable bonds is 5. The molecule has 0 bridgehead atoms. The van der Waals surface area contributed by atoms with Gasteiger partial charge in [0.25, 0.3) is 21.8 Å². The zero-order valence-electron chi connectivity index (χ0n) is 15.4. The second-order valence-corrected chi connectivity index (χ2v) is 8.02. The predicted octanol–water partition coefficient (Wildman–Crippen LogP) is 0.981. The van der Waals surface area contributed by atoms with Gasteiger partial charge in [0.2, 0.25) is 0 Å². The average Bonchev–Trinajstić information content (AvgIpc) is 2.64. The van der Waals surface area contributed by atoms with E-state index < -0.39 is 34.5 Å². The van der Waals surface area contributed by atoms with Gasteiger partial charge in [-0.25, -0.2) is 18.1 Å². The molecule has 0 saturated carbocycles. The summed E-state index contributed by atoms with van der Waals surface area (Å²) in [6, 6.07) is 9.12. The van der Waals surface area contributed by atoms with Crippen LogP contribution in [0, 0.1) is 6.92 Å². The Morgan fingerprint density at radius 1 is 1.25 bits per heavy atom. The lowest BCUT2D eigenvalue weighted by atomic mass is 10.2. The van der Waals surface area contributed by atoms with Gasteiger partial charge in [-0.2, -0.15) is 0 Å². The molecule has 3 rings (SSSR count). The number of ether oxygens (including phenoxy) is 1. The average molecular weight is 404 g/mol. The van der Waals surface area contributed by atoms with E-state index in [0.29, 0.717) is 12.2 Å². The van der Waals surface area contributed by atoms with Crippen molar-refractivity contribution in [3.63, 3.8) is 0 Å². The van der Waals surface area contributed by atoms with E-state index in [0.717, 1.165) is 10.5 Å². The van der Waals surface area contributed by atoms with Gasteiger partial charge >= 0.3 is 0 Å². The summed E-state index contributed by atoms with van der Waals surface area (Å²) >= 11 is 0. The molecular formula is C18H20N4O5S. The Morgan fingerprint density at radius 2 is 1.93 bits per heavy atom. The third kappa shape index (κ3) is 3.91. The largest absolute Gasteiger partial charge is 0.477 e. The number of aryl methyl sites for hydroxylation is 1. The molecule has 1 aliphatic heterocycles. The maximum Gasteiger partial charge on any atom is 0.269 e. The lowest BCUT2D eigenvalue weighted by molar-refractivity contribution is -0.128. The number of nitrogens with zero attached hydrogens (tertiary/aromatic N) is 2. The first-order valence-corrected chi connectivity index (χ1v) is 10.1. The number of anilines is 2. The SMILES string of the molecule is CCC1Oc2ccc(N)nc2N(CC(=O)NS(=O)(=O)c2ccc(C)cc2)C1=O. The summed E-state index contributed by atoms with van der Waals surface area (Å²) in [6.45, 7) is 3.05. The fourth-order valence-electron chi connectivity index (χ4n) is 2.73. The maximum absolute atomic E-state index is 12.6. The van der Waals surface area contributed by atoms with Gasteiger partial charge in [0, 0.05) is 0 Å². The van der Waals surface area contributed by atoms with E-state index in [4.69, 9.17) is 10.5 Å². The van der Waals surface area contributed by atoms with Crippen molar-refractivity contribution >= 4 is 33.5 Å². The second-order valence-electron chi connectivity index (χ2n) is 6.34. The molecule has 0 radical (unpaired) electrons. The Labute approximate surface area is 162 Å². The molecule has 3 N–H and O–H groups in total. The number of sulfonamides is 1. The van der Waals surface area contributed by atoms with Crippen LogP contribution in [0.2, 0.25) is 0 Å². The van der Waals surface area contributed by atoms with Crippen LogP contribution in [-0.4, -0.2) is 37.9 Å². The standard InChI is InChI=1S/C18H20N4O5S/c1-3-13-18(24)22(17-14(27-13)8-9-15(19)20-17)10-16(23)21-28(25,26)12-6-4-11(2)5-7-12/h4-9,13H,3,10H2,1-2H3,(H2,19,20)(H,21,23). The molecule has 9 nitrogen and oxygen atoms in total. The van der Waals surface area contributed by atoms with Crippen molar-refractivity contribution in [1.82, 2.24) is 9.71 Å².